The van der Waals surface area contributed by atoms with E-state index in [4.69, 9.17) is 0 Å². The molecule has 3 atom stereocenters. The second kappa shape index (κ2) is 1.96. The number of rotatable bonds is 1. The Labute approximate surface area is 67.5 Å². The van der Waals surface area contributed by atoms with Crippen LogP contribution in [0.1, 0.15) is 26.7 Å². The van der Waals surface area contributed by atoms with Gasteiger partial charge in [-0.15, -0.1) is 0 Å². The van der Waals surface area contributed by atoms with Gasteiger partial charge in [-0.1, -0.05) is 19.1 Å². The summed E-state index contributed by atoms with van der Waals surface area (Å²) in [4.78, 5) is 11.3. The van der Waals surface area contributed by atoms with Crippen LogP contribution >= 0.6 is 0 Å². The zero-order chi connectivity index (χ0) is 8.06. The largest absolute Gasteiger partial charge is 0.299 e. The summed E-state index contributed by atoms with van der Waals surface area (Å²) in [6, 6.07) is 0. The third-order valence-electron chi connectivity index (χ3n) is 3.48. The first-order chi connectivity index (χ1) is 5.13. The zero-order valence-corrected chi connectivity index (χ0v) is 7.13. The number of hydrogen-bond acceptors (Lipinski definition) is 1. The van der Waals surface area contributed by atoms with Crippen molar-refractivity contribution in [3.05, 3.63) is 12.2 Å². The third kappa shape index (κ3) is 0.800. The van der Waals surface area contributed by atoms with Crippen molar-refractivity contribution in [2.24, 2.45) is 17.3 Å². The van der Waals surface area contributed by atoms with Gasteiger partial charge in [-0.2, -0.15) is 0 Å². The number of carbonyl (C=O) groups excluding carboxylic acids is 1. The minimum Gasteiger partial charge on any atom is -0.299 e. The van der Waals surface area contributed by atoms with Gasteiger partial charge in [-0.05, 0) is 31.6 Å². The molecule has 2 aliphatic rings. The van der Waals surface area contributed by atoms with E-state index >= 15 is 0 Å². The van der Waals surface area contributed by atoms with E-state index in [1.165, 1.54) is 6.42 Å². The molecule has 0 amide bonds. The summed E-state index contributed by atoms with van der Waals surface area (Å²) in [5.74, 6) is 1.62. The maximum Gasteiger partial charge on any atom is 0.136 e. The number of hydrogen-bond donors (Lipinski definition) is 0. The zero-order valence-electron chi connectivity index (χ0n) is 7.13. The molecule has 60 valence electrons. The smallest absolute Gasteiger partial charge is 0.136 e. The Morgan fingerprint density at radius 2 is 2.27 bits per heavy atom. The molecular formula is C10H14O. The van der Waals surface area contributed by atoms with Crippen molar-refractivity contribution in [2.75, 3.05) is 0 Å². The number of allylic oxidation sites excluding steroid dienone is 2. The van der Waals surface area contributed by atoms with Crippen LogP contribution in [0.5, 0.6) is 0 Å². The van der Waals surface area contributed by atoms with Crippen molar-refractivity contribution in [3.8, 4) is 0 Å². The van der Waals surface area contributed by atoms with E-state index in [-0.39, 0.29) is 5.41 Å². The minimum absolute atomic E-state index is 0.0145. The molecule has 0 radical (unpaired) electrons. The van der Waals surface area contributed by atoms with E-state index in [0.717, 1.165) is 6.42 Å². The monoisotopic (exact) mass is 150 g/mol. The molecule has 0 saturated heterocycles. The molecule has 0 heterocycles. The fraction of sp³-hybridized carbons (Fsp3) is 0.700. The molecule has 1 heteroatoms. The highest BCUT2D eigenvalue weighted by Crippen LogP contribution is 2.52. The second-order valence-electron chi connectivity index (χ2n) is 4.16. The second-order valence-corrected chi connectivity index (χ2v) is 4.16. The van der Waals surface area contributed by atoms with Gasteiger partial charge < -0.3 is 0 Å². The van der Waals surface area contributed by atoms with E-state index in [9.17, 15) is 4.79 Å². The highest BCUT2D eigenvalue weighted by atomic mass is 16.1. The first-order valence-electron chi connectivity index (χ1n) is 4.32. The summed E-state index contributed by atoms with van der Waals surface area (Å²) < 4.78 is 0. The predicted molar refractivity (Wildman–Crippen MR) is 44.1 cm³/mol. The Kier molecular flexibility index (Phi) is 1.26. The van der Waals surface area contributed by atoms with Gasteiger partial charge >= 0.3 is 0 Å². The summed E-state index contributed by atoms with van der Waals surface area (Å²) >= 11 is 0. The van der Waals surface area contributed by atoms with E-state index in [1.807, 2.05) is 0 Å². The molecule has 1 fully saturated rings. The van der Waals surface area contributed by atoms with Crippen LogP contribution < -0.4 is 0 Å². The Bertz CT molecular complexity index is 229. The van der Waals surface area contributed by atoms with Crippen LogP contribution in [0, 0.1) is 17.3 Å². The quantitative estimate of drug-likeness (QED) is 0.523. The molecule has 0 aliphatic heterocycles. The lowest BCUT2D eigenvalue weighted by Crippen LogP contribution is -2.29. The van der Waals surface area contributed by atoms with Crippen LogP contribution in [0.4, 0.5) is 0 Å². The molecular weight excluding hydrogens is 136 g/mol. The van der Waals surface area contributed by atoms with E-state index in [1.54, 1.807) is 6.92 Å². The van der Waals surface area contributed by atoms with Crippen LogP contribution in [0.25, 0.3) is 0 Å². The van der Waals surface area contributed by atoms with Gasteiger partial charge in [0.05, 0.1) is 0 Å². The van der Waals surface area contributed by atoms with Crippen molar-refractivity contribution in [1.82, 2.24) is 0 Å². The normalized spacial score (nSPS) is 46.7. The summed E-state index contributed by atoms with van der Waals surface area (Å²) in [5.41, 5.74) is -0.0145. The average Bonchev–Trinajstić information content (AvgIpc) is 2.45. The molecule has 1 nitrogen and oxygen atoms in total. The Balaban J connectivity index is 2.30. The fourth-order valence-corrected chi connectivity index (χ4v) is 2.50. The summed E-state index contributed by atoms with van der Waals surface area (Å²) in [6.45, 7) is 3.85. The summed E-state index contributed by atoms with van der Waals surface area (Å²) in [7, 11) is 0. The average molecular weight is 150 g/mol. The molecule has 0 aromatic rings. The Morgan fingerprint density at radius 1 is 1.55 bits per heavy atom. The van der Waals surface area contributed by atoms with Crippen molar-refractivity contribution < 1.29 is 4.79 Å². The van der Waals surface area contributed by atoms with Crippen molar-refractivity contribution in [2.45, 2.75) is 26.7 Å². The first kappa shape index (κ1) is 7.08. The lowest BCUT2D eigenvalue weighted by molar-refractivity contribution is -0.126. The fourth-order valence-electron chi connectivity index (χ4n) is 2.50. The molecule has 2 aliphatic carbocycles. The third-order valence-corrected chi connectivity index (χ3v) is 3.48. The van der Waals surface area contributed by atoms with Crippen molar-refractivity contribution in [1.29, 1.82) is 0 Å². The molecule has 1 saturated carbocycles. The number of carbonyl (C=O) groups is 1. The van der Waals surface area contributed by atoms with Gasteiger partial charge in [0.25, 0.3) is 0 Å². The Hall–Kier alpha value is -0.590. The van der Waals surface area contributed by atoms with Crippen LogP contribution in [0.2, 0.25) is 0 Å². The maximum absolute atomic E-state index is 11.3. The molecule has 0 N–H and O–H groups in total. The summed E-state index contributed by atoms with van der Waals surface area (Å²) in [5, 5.41) is 0. The maximum atomic E-state index is 11.3. The van der Waals surface area contributed by atoms with Gasteiger partial charge in [0.15, 0.2) is 0 Å². The van der Waals surface area contributed by atoms with Crippen LogP contribution in [0.15, 0.2) is 12.2 Å². The van der Waals surface area contributed by atoms with E-state index in [0.29, 0.717) is 17.6 Å². The van der Waals surface area contributed by atoms with Crippen molar-refractivity contribution >= 4 is 5.78 Å². The Morgan fingerprint density at radius 3 is 2.55 bits per heavy atom. The van der Waals surface area contributed by atoms with Gasteiger partial charge in [-0.3, -0.25) is 4.79 Å². The van der Waals surface area contributed by atoms with Gasteiger partial charge in [0.2, 0.25) is 0 Å². The molecule has 0 aromatic carbocycles. The number of ketones is 1. The highest BCUT2D eigenvalue weighted by Gasteiger charge is 2.47. The standard InChI is InChI=1S/C10H14O/c1-7(11)10(2)6-8-3-4-9(10)5-8/h3-4,8-9H,5-6H2,1-2H3/t8-,9+,10+/m0/s1. The van der Waals surface area contributed by atoms with Crippen LogP contribution in [0.3, 0.4) is 0 Å². The molecule has 2 rings (SSSR count). The van der Waals surface area contributed by atoms with Gasteiger partial charge in [0, 0.05) is 5.41 Å². The number of Topliss-reactive ketones (excluding diaryl/α,β-unsaturated/α-hetero) is 1. The highest BCUT2D eigenvalue weighted by molar-refractivity contribution is 5.83. The van der Waals surface area contributed by atoms with E-state index in [2.05, 4.69) is 19.1 Å². The topological polar surface area (TPSA) is 17.1 Å². The molecule has 0 spiro atoms. The van der Waals surface area contributed by atoms with Crippen LogP contribution in [-0.2, 0) is 4.79 Å². The predicted octanol–water partition coefficient (Wildman–Crippen LogP) is 2.18. The molecule has 11 heavy (non-hydrogen) atoms. The summed E-state index contributed by atoms with van der Waals surface area (Å²) in [6.07, 6.45) is 6.81. The lowest BCUT2D eigenvalue weighted by Gasteiger charge is -2.27. The SMILES string of the molecule is CC(=O)[C@@]1(C)C[C@H]2C=C[C@@H]1C2. The first-order valence-corrected chi connectivity index (χ1v) is 4.32. The number of fused-ring (bicyclic) bond motifs is 2. The molecule has 0 aromatic heterocycles. The van der Waals surface area contributed by atoms with Gasteiger partial charge in [-0.25, -0.2) is 0 Å². The van der Waals surface area contributed by atoms with E-state index < -0.39 is 0 Å². The van der Waals surface area contributed by atoms with Crippen LogP contribution in [-0.4, -0.2) is 5.78 Å². The minimum atomic E-state index is -0.0145. The molecule has 0 unspecified atom stereocenters. The lowest BCUT2D eigenvalue weighted by atomic mass is 9.75. The molecule has 2 bridgehead atoms. The van der Waals surface area contributed by atoms with Gasteiger partial charge in [0.1, 0.15) is 5.78 Å². The van der Waals surface area contributed by atoms with Crippen molar-refractivity contribution in [3.63, 3.8) is 0 Å².